The van der Waals surface area contributed by atoms with Gasteiger partial charge in [-0.25, -0.2) is 4.57 Å². The summed E-state index contributed by atoms with van der Waals surface area (Å²) in [6.45, 7) is 4.90. The predicted molar refractivity (Wildman–Crippen MR) is 245 cm³/mol. The van der Waals surface area contributed by atoms with Crippen molar-refractivity contribution in [2.24, 2.45) is 0 Å². The second kappa shape index (κ2) is 40.6. The summed E-state index contributed by atoms with van der Waals surface area (Å²) in [5.74, 6) is -0.147. The van der Waals surface area contributed by atoms with E-state index in [2.05, 4.69) is 31.3 Å². The van der Waals surface area contributed by atoms with Crippen LogP contribution in [0.3, 0.4) is 0 Å². The summed E-state index contributed by atoms with van der Waals surface area (Å²) in [5, 5.41) is 14.0. The van der Waals surface area contributed by atoms with E-state index in [9.17, 15) is 19.4 Å². The van der Waals surface area contributed by atoms with Crippen molar-refractivity contribution in [2.45, 2.75) is 251 Å². The zero-order chi connectivity index (χ0) is 42.1. The number of rotatable bonds is 45. The van der Waals surface area contributed by atoms with Gasteiger partial charge in [-0.1, -0.05) is 206 Å². The molecule has 0 radical (unpaired) electrons. The topological polar surface area (TPSA) is 105 Å². The molecule has 57 heavy (non-hydrogen) atoms. The Hall–Kier alpha value is -0.760. The molecule has 0 bridgehead atoms. The number of nitrogens with zero attached hydrogens (tertiary/aromatic N) is 1. The first-order valence-corrected chi connectivity index (χ1v) is 26.0. The average Bonchev–Trinajstić information content (AvgIpc) is 3.16. The van der Waals surface area contributed by atoms with Crippen LogP contribution in [-0.2, 0) is 18.4 Å². The molecule has 3 unspecified atom stereocenters. The van der Waals surface area contributed by atoms with Crippen LogP contribution < -0.4 is 5.32 Å². The number of nitrogens with one attached hydrogen (secondary N) is 1. The number of allylic oxidation sites excluding steroid dienone is 2. The van der Waals surface area contributed by atoms with Gasteiger partial charge in [-0.15, -0.1) is 0 Å². The van der Waals surface area contributed by atoms with Gasteiger partial charge in [0.15, 0.2) is 0 Å². The molecule has 3 N–H and O–H groups in total. The van der Waals surface area contributed by atoms with Gasteiger partial charge in [0.05, 0.1) is 39.9 Å². The maximum Gasteiger partial charge on any atom is 0.472 e. The van der Waals surface area contributed by atoms with Crippen molar-refractivity contribution in [1.82, 2.24) is 5.32 Å². The molecule has 0 heterocycles. The number of carbonyl (C=O) groups excluding carboxylic acids is 1. The van der Waals surface area contributed by atoms with Crippen LogP contribution in [0.15, 0.2) is 12.2 Å². The molecule has 0 aromatic heterocycles. The Kier molecular flexibility index (Phi) is 40.1. The van der Waals surface area contributed by atoms with Crippen molar-refractivity contribution in [3.05, 3.63) is 12.2 Å². The van der Waals surface area contributed by atoms with Gasteiger partial charge >= 0.3 is 7.82 Å². The highest BCUT2D eigenvalue weighted by Crippen LogP contribution is 2.43. The van der Waals surface area contributed by atoms with Crippen molar-refractivity contribution in [2.75, 3.05) is 40.9 Å². The standard InChI is InChI=1S/C48H97N2O6P/c1-6-8-10-12-14-16-18-20-21-22-23-24-25-26-27-28-29-30-32-34-36-38-40-42-48(52)49-46(45-56-57(53,54)55-44-43-50(3,4)5)47(51)41-39-37-35-33-31-19-17-15-13-11-9-7-2/h26-27,46-47,51H,6-25,28-45H2,1-5H3,(H-,49,52,53,54)/p+1/b27-26-. The molecular weight excluding hydrogens is 732 g/mol. The summed E-state index contributed by atoms with van der Waals surface area (Å²) in [7, 11) is 1.62. The van der Waals surface area contributed by atoms with E-state index in [0.29, 0.717) is 23.9 Å². The molecule has 0 spiro atoms. The Morgan fingerprint density at radius 1 is 0.579 bits per heavy atom. The minimum Gasteiger partial charge on any atom is -0.391 e. The van der Waals surface area contributed by atoms with Crippen LogP contribution in [0, 0.1) is 0 Å². The SMILES string of the molecule is CCCCCCCCCCCCCC/C=C\CCCCCCCCCC(=O)NC(COP(=O)(O)OCC[N+](C)(C)C)C(O)CCCCCCCCCCCCCC. The van der Waals surface area contributed by atoms with E-state index >= 15 is 0 Å². The molecule has 0 fully saturated rings. The number of phosphoric acid groups is 1. The normalized spacial score (nSPS) is 14.3. The monoisotopic (exact) mass is 830 g/mol. The van der Waals surface area contributed by atoms with Gasteiger partial charge in [-0.05, 0) is 38.5 Å². The van der Waals surface area contributed by atoms with Crippen molar-refractivity contribution < 1.29 is 32.9 Å². The molecule has 8 nitrogen and oxygen atoms in total. The molecule has 0 saturated heterocycles. The van der Waals surface area contributed by atoms with Crippen molar-refractivity contribution in [1.29, 1.82) is 0 Å². The number of hydrogen-bond donors (Lipinski definition) is 3. The van der Waals surface area contributed by atoms with Crippen molar-refractivity contribution in [3.63, 3.8) is 0 Å². The summed E-state index contributed by atoms with van der Waals surface area (Å²) in [6.07, 6.45) is 46.7. The molecule has 0 saturated carbocycles. The molecule has 1 amide bonds. The lowest BCUT2D eigenvalue weighted by atomic mass is 10.0. The van der Waals surface area contributed by atoms with E-state index in [0.717, 1.165) is 38.5 Å². The molecule has 0 aliphatic rings. The maximum absolute atomic E-state index is 12.9. The summed E-state index contributed by atoms with van der Waals surface area (Å²) < 4.78 is 23.6. The van der Waals surface area contributed by atoms with Crippen LogP contribution in [0.2, 0.25) is 0 Å². The van der Waals surface area contributed by atoms with E-state index < -0.39 is 20.0 Å². The molecule has 0 aliphatic carbocycles. The van der Waals surface area contributed by atoms with Gasteiger partial charge in [-0.2, -0.15) is 0 Å². The highest BCUT2D eigenvalue weighted by Gasteiger charge is 2.28. The fourth-order valence-corrected chi connectivity index (χ4v) is 8.07. The minimum absolute atomic E-state index is 0.0757. The Bertz CT molecular complexity index is 942. The number of carbonyl (C=O) groups is 1. The lowest BCUT2D eigenvalue weighted by molar-refractivity contribution is -0.870. The number of hydrogen-bond acceptors (Lipinski definition) is 5. The zero-order valence-corrected chi connectivity index (χ0v) is 39.5. The van der Waals surface area contributed by atoms with Gasteiger partial charge < -0.3 is 19.8 Å². The predicted octanol–water partition coefficient (Wildman–Crippen LogP) is 13.9. The summed E-state index contributed by atoms with van der Waals surface area (Å²) >= 11 is 0. The lowest BCUT2D eigenvalue weighted by Gasteiger charge is -2.26. The molecule has 0 rings (SSSR count). The van der Waals surface area contributed by atoms with Gasteiger partial charge in [-0.3, -0.25) is 13.8 Å². The van der Waals surface area contributed by atoms with E-state index in [1.807, 2.05) is 21.1 Å². The second-order valence-corrected chi connectivity index (χ2v) is 19.6. The van der Waals surface area contributed by atoms with Gasteiger partial charge in [0, 0.05) is 6.42 Å². The fourth-order valence-electron chi connectivity index (χ4n) is 7.34. The van der Waals surface area contributed by atoms with Crippen LogP contribution in [-0.4, -0.2) is 73.4 Å². The first kappa shape index (κ1) is 56.2. The highest BCUT2D eigenvalue weighted by molar-refractivity contribution is 7.47. The third-order valence-corrected chi connectivity index (χ3v) is 12.2. The van der Waals surface area contributed by atoms with Gasteiger partial charge in [0.25, 0.3) is 0 Å². The number of unbranched alkanes of at least 4 members (excludes halogenated alkanes) is 30. The van der Waals surface area contributed by atoms with Crippen LogP contribution >= 0.6 is 7.82 Å². The van der Waals surface area contributed by atoms with Gasteiger partial charge in [0.2, 0.25) is 5.91 Å². The van der Waals surface area contributed by atoms with E-state index in [1.54, 1.807) is 0 Å². The van der Waals surface area contributed by atoms with E-state index in [1.165, 1.54) is 173 Å². The number of quaternary nitrogens is 1. The Morgan fingerprint density at radius 2 is 0.947 bits per heavy atom. The fraction of sp³-hybridized carbons (Fsp3) is 0.938. The van der Waals surface area contributed by atoms with Crippen molar-refractivity contribution in [3.8, 4) is 0 Å². The molecule has 3 atom stereocenters. The average molecular weight is 830 g/mol. The maximum atomic E-state index is 12.9. The summed E-state index contributed by atoms with van der Waals surface area (Å²) in [4.78, 5) is 23.2. The number of likely N-dealkylation sites (N-methyl/N-ethyl adjacent to an activating group) is 1. The molecular formula is C48H98N2O6P+. The molecule has 0 aliphatic heterocycles. The molecule has 0 aromatic carbocycles. The third kappa shape index (κ3) is 43.1. The first-order chi connectivity index (χ1) is 27.5. The molecule has 9 heteroatoms. The van der Waals surface area contributed by atoms with E-state index in [4.69, 9.17) is 9.05 Å². The summed E-state index contributed by atoms with van der Waals surface area (Å²) in [5.41, 5.74) is 0. The van der Waals surface area contributed by atoms with Crippen LogP contribution in [0.25, 0.3) is 0 Å². The number of aliphatic hydroxyl groups is 1. The molecule has 0 aromatic rings. The lowest BCUT2D eigenvalue weighted by Crippen LogP contribution is -2.46. The van der Waals surface area contributed by atoms with Crippen molar-refractivity contribution >= 4 is 13.7 Å². The summed E-state index contributed by atoms with van der Waals surface area (Å²) in [6, 6.07) is -0.758. The van der Waals surface area contributed by atoms with Crippen LogP contribution in [0.4, 0.5) is 0 Å². The zero-order valence-electron chi connectivity index (χ0n) is 38.6. The largest absolute Gasteiger partial charge is 0.472 e. The number of amides is 1. The minimum atomic E-state index is -4.31. The van der Waals surface area contributed by atoms with Gasteiger partial charge in [0.1, 0.15) is 13.2 Å². The Labute approximate surface area is 354 Å². The third-order valence-electron chi connectivity index (χ3n) is 11.3. The second-order valence-electron chi connectivity index (χ2n) is 18.2. The van der Waals surface area contributed by atoms with Crippen LogP contribution in [0.5, 0.6) is 0 Å². The quantitative estimate of drug-likeness (QED) is 0.0244. The van der Waals surface area contributed by atoms with Crippen LogP contribution in [0.1, 0.15) is 239 Å². The smallest absolute Gasteiger partial charge is 0.391 e. The highest BCUT2D eigenvalue weighted by atomic mass is 31.2. The Morgan fingerprint density at radius 3 is 1.35 bits per heavy atom. The first-order valence-electron chi connectivity index (χ1n) is 24.6. The number of aliphatic hydroxyl groups excluding tert-OH is 1. The number of phosphoric ester groups is 1. The Balaban J connectivity index is 4.19. The van der Waals surface area contributed by atoms with E-state index in [-0.39, 0.29) is 19.1 Å². The molecule has 340 valence electrons.